The first kappa shape index (κ1) is 15.9. The van der Waals surface area contributed by atoms with Gasteiger partial charge in [-0.15, -0.1) is 11.3 Å². The smallest absolute Gasteiger partial charge is 0.222 e. The van der Waals surface area contributed by atoms with Crippen LogP contribution in [0.25, 0.3) is 0 Å². The highest BCUT2D eigenvalue weighted by Gasteiger charge is 2.41. The fourth-order valence-electron chi connectivity index (χ4n) is 3.79. The molecule has 1 spiro atoms. The third kappa shape index (κ3) is 3.19. The number of carbonyl (C=O) groups excluding carboxylic acids is 1. The summed E-state index contributed by atoms with van der Waals surface area (Å²) in [5.74, 6) is 0.324. The standard InChI is InChI=1S/C16H26N4OS/c1-3-20-7-6-16(5-4-15(20)21)12-19(9-8-18(16)2)10-14-11-22-13-17-14/h11,13H,3-10,12H2,1-2H3/t16-/m1/s1. The van der Waals surface area contributed by atoms with E-state index < -0.39 is 0 Å². The normalized spacial score (nSPS) is 28.3. The Kier molecular flexibility index (Phi) is 4.80. The molecule has 0 unspecified atom stereocenters. The van der Waals surface area contributed by atoms with Gasteiger partial charge in [-0.05, 0) is 26.8 Å². The number of carbonyl (C=O) groups is 1. The van der Waals surface area contributed by atoms with Crippen LogP contribution in [0.1, 0.15) is 31.9 Å². The topological polar surface area (TPSA) is 39.7 Å². The van der Waals surface area contributed by atoms with Crippen molar-refractivity contribution in [2.75, 3.05) is 39.8 Å². The summed E-state index contributed by atoms with van der Waals surface area (Å²) < 4.78 is 0. The Bertz CT molecular complexity index is 506. The number of thiazole rings is 1. The molecule has 2 fully saturated rings. The lowest BCUT2D eigenvalue weighted by atomic mass is 9.86. The predicted molar refractivity (Wildman–Crippen MR) is 88.9 cm³/mol. The number of likely N-dealkylation sites (tertiary alicyclic amines) is 1. The van der Waals surface area contributed by atoms with Gasteiger partial charge < -0.3 is 4.90 Å². The van der Waals surface area contributed by atoms with Crippen LogP contribution in [0.15, 0.2) is 10.9 Å². The van der Waals surface area contributed by atoms with Gasteiger partial charge in [0, 0.05) is 56.6 Å². The summed E-state index contributed by atoms with van der Waals surface area (Å²) in [5.41, 5.74) is 3.22. The zero-order valence-corrected chi connectivity index (χ0v) is 14.4. The molecule has 3 heterocycles. The maximum Gasteiger partial charge on any atom is 0.222 e. The average molecular weight is 322 g/mol. The minimum absolute atomic E-state index is 0.147. The van der Waals surface area contributed by atoms with Gasteiger partial charge in [-0.2, -0.15) is 0 Å². The van der Waals surface area contributed by atoms with Crippen LogP contribution in [-0.4, -0.2) is 70.9 Å². The summed E-state index contributed by atoms with van der Waals surface area (Å²) in [4.78, 5) is 23.6. The molecule has 2 saturated heterocycles. The van der Waals surface area contributed by atoms with Gasteiger partial charge in [-0.1, -0.05) is 0 Å². The molecule has 2 aliphatic rings. The van der Waals surface area contributed by atoms with E-state index in [4.69, 9.17) is 0 Å². The molecule has 3 rings (SSSR count). The van der Waals surface area contributed by atoms with Gasteiger partial charge in [0.2, 0.25) is 5.91 Å². The number of piperazine rings is 1. The van der Waals surface area contributed by atoms with Gasteiger partial charge in [-0.3, -0.25) is 14.6 Å². The summed E-state index contributed by atoms with van der Waals surface area (Å²) in [7, 11) is 2.23. The molecule has 5 nitrogen and oxygen atoms in total. The lowest BCUT2D eigenvalue weighted by molar-refractivity contribution is -0.130. The van der Waals surface area contributed by atoms with Crippen LogP contribution in [0.5, 0.6) is 0 Å². The quantitative estimate of drug-likeness (QED) is 0.848. The first-order valence-electron chi connectivity index (χ1n) is 8.21. The van der Waals surface area contributed by atoms with Crippen LogP contribution in [0, 0.1) is 0 Å². The zero-order valence-electron chi connectivity index (χ0n) is 13.6. The van der Waals surface area contributed by atoms with Crippen molar-refractivity contribution in [1.29, 1.82) is 0 Å². The first-order valence-corrected chi connectivity index (χ1v) is 9.16. The Balaban J connectivity index is 1.71. The summed E-state index contributed by atoms with van der Waals surface area (Å²) in [5, 5.41) is 2.14. The molecule has 1 amide bonds. The largest absolute Gasteiger partial charge is 0.343 e. The molecular weight excluding hydrogens is 296 g/mol. The highest BCUT2D eigenvalue weighted by atomic mass is 32.1. The van der Waals surface area contributed by atoms with Crippen molar-refractivity contribution in [3.8, 4) is 0 Å². The van der Waals surface area contributed by atoms with Gasteiger partial charge in [0.05, 0.1) is 11.2 Å². The molecule has 22 heavy (non-hydrogen) atoms. The molecule has 0 aromatic carbocycles. The fraction of sp³-hybridized carbons (Fsp3) is 0.750. The number of aromatic nitrogens is 1. The van der Waals surface area contributed by atoms with Crippen LogP contribution < -0.4 is 0 Å². The second-order valence-corrected chi connectivity index (χ2v) is 7.28. The lowest BCUT2D eigenvalue weighted by Gasteiger charge is -2.49. The second-order valence-electron chi connectivity index (χ2n) is 6.56. The van der Waals surface area contributed by atoms with E-state index in [1.807, 2.05) is 10.4 Å². The van der Waals surface area contributed by atoms with Crippen molar-refractivity contribution in [2.24, 2.45) is 0 Å². The predicted octanol–water partition coefficient (Wildman–Crippen LogP) is 1.66. The monoisotopic (exact) mass is 322 g/mol. The van der Waals surface area contributed by atoms with E-state index in [0.717, 1.165) is 52.1 Å². The Morgan fingerprint density at radius 1 is 1.32 bits per heavy atom. The molecule has 0 aliphatic carbocycles. The summed E-state index contributed by atoms with van der Waals surface area (Å²) in [6.45, 7) is 7.95. The van der Waals surface area contributed by atoms with E-state index >= 15 is 0 Å². The van der Waals surface area contributed by atoms with Crippen molar-refractivity contribution in [3.05, 3.63) is 16.6 Å². The van der Waals surface area contributed by atoms with E-state index in [1.165, 1.54) is 5.69 Å². The van der Waals surface area contributed by atoms with Gasteiger partial charge in [0.1, 0.15) is 0 Å². The SMILES string of the molecule is CCN1CC[C@]2(CCC1=O)CN(Cc1cscn1)CCN2C. The molecule has 1 atom stereocenters. The van der Waals surface area contributed by atoms with Crippen LogP contribution in [0.4, 0.5) is 0 Å². The van der Waals surface area contributed by atoms with Crippen LogP contribution in [0.2, 0.25) is 0 Å². The Hall–Kier alpha value is -0.980. The number of hydrogen-bond acceptors (Lipinski definition) is 5. The van der Waals surface area contributed by atoms with E-state index in [2.05, 4.69) is 34.1 Å². The van der Waals surface area contributed by atoms with Crippen molar-refractivity contribution in [2.45, 2.75) is 38.3 Å². The Labute approximate surface area is 136 Å². The summed E-state index contributed by atoms with van der Waals surface area (Å²) in [6.07, 6.45) is 2.74. The molecular formula is C16H26N4OS. The van der Waals surface area contributed by atoms with Crippen molar-refractivity contribution >= 4 is 17.2 Å². The summed E-state index contributed by atoms with van der Waals surface area (Å²) >= 11 is 1.66. The minimum atomic E-state index is 0.147. The van der Waals surface area contributed by atoms with Crippen molar-refractivity contribution < 1.29 is 4.79 Å². The van der Waals surface area contributed by atoms with E-state index in [1.54, 1.807) is 11.3 Å². The van der Waals surface area contributed by atoms with Gasteiger partial charge in [0.15, 0.2) is 0 Å². The Morgan fingerprint density at radius 2 is 2.18 bits per heavy atom. The van der Waals surface area contributed by atoms with E-state index in [-0.39, 0.29) is 5.54 Å². The highest BCUT2D eigenvalue weighted by molar-refractivity contribution is 7.07. The molecule has 0 radical (unpaired) electrons. The molecule has 1 aromatic rings. The average Bonchev–Trinajstić information content (AvgIpc) is 2.96. The molecule has 0 N–H and O–H groups in total. The van der Waals surface area contributed by atoms with E-state index in [9.17, 15) is 4.79 Å². The van der Waals surface area contributed by atoms with E-state index in [0.29, 0.717) is 12.3 Å². The number of hydrogen-bond donors (Lipinski definition) is 0. The number of likely N-dealkylation sites (N-methyl/N-ethyl adjacent to an activating group) is 1. The van der Waals surface area contributed by atoms with Crippen molar-refractivity contribution in [3.63, 3.8) is 0 Å². The molecule has 6 heteroatoms. The zero-order chi connectivity index (χ0) is 15.6. The van der Waals surface area contributed by atoms with Crippen LogP contribution in [0.3, 0.4) is 0 Å². The Morgan fingerprint density at radius 3 is 2.91 bits per heavy atom. The van der Waals surface area contributed by atoms with Crippen molar-refractivity contribution in [1.82, 2.24) is 19.7 Å². The maximum atomic E-state index is 12.2. The van der Waals surface area contributed by atoms with Gasteiger partial charge in [-0.25, -0.2) is 4.98 Å². The minimum Gasteiger partial charge on any atom is -0.343 e. The fourth-order valence-corrected chi connectivity index (χ4v) is 4.34. The lowest BCUT2D eigenvalue weighted by Crippen LogP contribution is -2.60. The molecule has 1 aromatic heterocycles. The molecule has 0 saturated carbocycles. The third-order valence-corrected chi connectivity index (χ3v) is 5.97. The number of amides is 1. The molecule has 0 bridgehead atoms. The number of nitrogens with zero attached hydrogens (tertiary/aromatic N) is 4. The van der Waals surface area contributed by atoms with Crippen LogP contribution in [-0.2, 0) is 11.3 Å². The third-order valence-electron chi connectivity index (χ3n) is 5.33. The summed E-state index contributed by atoms with van der Waals surface area (Å²) in [6, 6.07) is 0. The van der Waals surface area contributed by atoms with Crippen LogP contribution >= 0.6 is 11.3 Å². The molecule has 2 aliphatic heterocycles. The molecule has 122 valence electrons. The number of rotatable bonds is 3. The van der Waals surface area contributed by atoms with Gasteiger partial charge >= 0.3 is 0 Å². The maximum absolute atomic E-state index is 12.2. The first-order chi connectivity index (χ1) is 10.6. The second kappa shape index (κ2) is 6.64. The van der Waals surface area contributed by atoms with Gasteiger partial charge in [0.25, 0.3) is 0 Å². The highest BCUT2D eigenvalue weighted by Crippen LogP contribution is 2.32.